The van der Waals surface area contributed by atoms with E-state index in [2.05, 4.69) is 5.32 Å². The summed E-state index contributed by atoms with van der Waals surface area (Å²) >= 11 is 0. The van der Waals surface area contributed by atoms with Gasteiger partial charge in [0.2, 0.25) is 0 Å². The predicted octanol–water partition coefficient (Wildman–Crippen LogP) is 2.97. The molecule has 11 heteroatoms. The summed E-state index contributed by atoms with van der Waals surface area (Å²) in [7, 11) is 0. The van der Waals surface area contributed by atoms with E-state index in [1.807, 2.05) is 0 Å². The predicted molar refractivity (Wildman–Crippen MR) is 66.5 cm³/mol. The highest BCUT2D eigenvalue weighted by atomic mass is 19.4. The maximum atomic E-state index is 13.3. The highest BCUT2D eigenvalue weighted by Gasteiger charge is 2.38. The van der Waals surface area contributed by atoms with E-state index in [0.717, 1.165) is 18.2 Å². The molecule has 136 valence electrons. The number of ether oxygens (including phenoxy) is 1. The quantitative estimate of drug-likeness (QED) is 0.811. The number of nitrogens with one attached hydrogen (secondary N) is 1. The number of carboxylic acid groups (broad SMARTS) is 1. The zero-order valence-electron chi connectivity index (χ0n) is 11.8. The smallest absolute Gasteiger partial charge is 0.475 e. The van der Waals surface area contributed by atoms with Crippen molar-refractivity contribution in [1.82, 2.24) is 5.32 Å². The summed E-state index contributed by atoms with van der Waals surface area (Å²) in [6.45, 7) is 1.17. The Kier molecular flexibility index (Phi) is 6.55. The van der Waals surface area contributed by atoms with E-state index in [1.54, 1.807) is 0 Å². The Bertz CT molecular complexity index is 568. The lowest BCUT2D eigenvalue weighted by Gasteiger charge is -2.27. The van der Waals surface area contributed by atoms with E-state index >= 15 is 0 Å². The average Bonchev–Trinajstić information content (AvgIpc) is 2.37. The Morgan fingerprint density at radius 2 is 1.75 bits per heavy atom. The van der Waals surface area contributed by atoms with Crippen LogP contribution in [0.4, 0.5) is 30.7 Å². The van der Waals surface area contributed by atoms with Crippen LogP contribution in [0.5, 0.6) is 0 Å². The summed E-state index contributed by atoms with van der Waals surface area (Å²) in [5.74, 6) is -3.43. The maximum absolute atomic E-state index is 13.3. The fourth-order valence-corrected chi connectivity index (χ4v) is 1.45. The third-order valence-electron chi connectivity index (χ3n) is 2.83. The molecule has 0 spiro atoms. The van der Waals surface area contributed by atoms with Crippen LogP contribution in [-0.4, -0.2) is 36.4 Å². The Morgan fingerprint density at radius 1 is 1.21 bits per heavy atom. The van der Waals surface area contributed by atoms with Gasteiger partial charge in [-0.15, -0.1) is 0 Å². The molecule has 1 heterocycles. The van der Waals surface area contributed by atoms with Gasteiger partial charge in [0.05, 0.1) is 18.3 Å². The van der Waals surface area contributed by atoms with Crippen LogP contribution in [0.1, 0.15) is 11.1 Å². The van der Waals surface area contributed by atoms with Gasteiger partial charge >= 0.3 is 18.3 Å². The van der Waals surface area contributed by atoms with Gasteiger partial charge in [-0.1, -0.05) is 0 Å². The fraction of sp³-hybridized carbons (Fsp3) is 0.462. The summed E-state index contributed by atoms with van der Waals surface area (Å²) < 4.78 is 87.5. The second kappa shape index (κ2) is 7.79. The summed E-state index contributed by atoms with van der Waals surface area (Å²) in [4.78, 5) is 8.90. The van der Waals surface area contributed by atoms with E-state index < -0.39 is 29.7 Å². The van der Waals surface area contributed by atoms with Crippen molar-refractivity contribution in [3.8, 4) is 0 Å². The molecule has 1 aliphatic heterocycles. The minimum absolute atomic E-state index is 0.0380. The van der Waals surface area contributed by atoms with Crippen molar-refractivity contribution in [3.63, 3.8) is 0 Å². The van der Waals surface area contributed by atoms with Gasteiger partial charge in [-0.2, -0.15) is 26.3 Å². The fourth-order valence-electron chi connectivity index (χ4n) is 1.45. The van der Waals surface area contributed by atoms with Crippen LogP contribution in [0.25, 0.3) is 0 Å². The van der Waals surface area contributed by atoms with Crippen LogP contribution in [0.15, 0.2) is 18.2 Å². The summed E-state index contributed by atoms with van der Waals surface area (Å²) in [6.07, 6.45) is -9.58. The van der Waals surface area contributed by atoms with Gasteiger partial charge in [0.15, 0.2) is 0 Å². The van der Waals surface area contributed by atoms with E-state index in [4.69, 9.17) is 14.6 Å². The normalized spacial score (nSPS) is 15.3. The van der Waals surface area contributed by atoms with E-state index in [1.165, 1.54) is 0 Å². The largest absolute Gasteiger partial charge is 0.490 e. The molecule has 2 rings (SSSR count). The first-order chi connectivity index (χ1) is 10.9. The van der Waals surface area contributed by atoms with Gasteiger partial charge in [0, 0.05) is 18.7 Å². The van der Waals surface area contributed by atoms with Gasteiger partial charge < -0.3 is 15.2 Å². The van der Waals surface area contributed by atoms with Crippen molar-refractivity contribution in [2.24, 2.45) is 0 Å². The van der Waals surface area contributed by atoms with Gasteiger partial charge in [-0.3, -0.25) is 0 Å². The molecule has 2 N–H and O–H groups in total. The zero-order valence-corrected chi connectivity index (χ0v) is 11.8. The standard InChI is InChI=1S/C11H11F4NO.C2HF3O2/c12-10-2-1-8(11(13,14)15)3-7(10)6-17-9-4-16-5-9;3-2(4,5)1(6)7/h1-3,9,16H,4-6H2;(H,6,7). The highest BCUT2D eigenvalue weighted by Crippen LogP contribution is 2.30. The lowest BCUT2D eigenvalue weighted by Crippen LogP contribution is -2.48. The van der Waals surface area contributed by atoms with Crippen LogP contribution in [0.3, 0.4) is 0 Å². The third kappa shape index (κ3) is 6.32. The topological polar surface area (TPSA) is 58.6 Å². The van der Waals surface area contributed by atoms with E-state index in [0.29, 0.717) is 13.1 Å². The molecule has 1 aromatic rings. The molecule has 0 atom stereocenters. The summed E-state index contributed by atoms with van der Waals surface area (Å²) in [5, 5.41) is 10.1. The number of benzene rings is 1. The van der Waals surface area contributed by atoms with Crippen LogP contribution in [0.2, 0.25) is 0 Å². The van der Waals surface area contributed by atoms with Crippen molar-refractivity contribution in [1.29, 1.82) is 0 Å². The first kappa shape index (κ1) is 20.2. The van der Waals surface area contributed by atoms with Crippen molar-refractivity contribution >= 4 is 5.97 Å². The van der Waals surface area contributed by atoms with Crippen LogP contribution in [-0.2, 0) is 22.3 Å². The maximum Gasteiger partial charge on any atom is 0.490 e. The summed E-state index contributed by atoms with van der Waals surface area (Å²) in [6, 6.07) is 2.34. The van der Waals surface area contributed by atoms with Gasteiger partial charge in [0.1, 0.15) is 5.82 Å². The van der Waals surface area contributed by atoms with Crippen molar-refractivity contribution in [3.05, 3.63) is 35.1 Å². The Morgan fingerprint density at radius 3 is 2.12 bits per heavy atom. The summed E-state index contributed by atoms with van der Waals surface area (Å²) in [5.41, 5.74) is -0.920. The average molecular weight is 363 g/mol. The third-order valence-corrected chi connectivity index (χ3v) is 2.83. The molecule has 0 radical (unpaired) electrons. The molecule has 1 fully saturated rings. The van der Waals surface area contributed by atoms with E-state index in [-0.39, 0.29) is 18.3 Å². The molecule has 0 bridgehead atoms. The number of rotatable bonds is 3. The molecule has 4 nitrogen and oxygen atoms in total. The molecule has 24 heavy (non-hydrogen) atoms. The van der Waals surface area contributed by atoms with Crippen LogP contribution >= 0.6 is 0 Å². The molecular formula is C13H12F7NO3. The Labute approximate surface area is 131 Å². The molecule has 1 aromatic carbocycles. The monoisotopic (exact) mass is 363 g/mol. The molecule has 0 unspecified atom stereocenters. The van der Waals surface area contributed by atoms with Gasteiger partial charge in [0.25, 0.3) is 0 Å². The number of carbonyl (C=O) groups is 1. The van der Waals surface area contributed by atoms with Crippen LogP contribution < -0.4 is 5.32 Å². The second-order valence-electron chi connectivity index (χ2n) is 4.70. The first-order valence-corrected chi connectivity index (χ1v) is 6.39. The lowest BCUT2D eigenvalue weighted by atomic mass is 10.1. The lowest BCUT2D eigenvalue weighted by molar-refractivity contribution is -0.192. The minimum atomic E-state index is -5.08. The SMILES string of the molecule is Fc1ccc(C(F)(F)F)cc1COC1CNC1.O=C(O)C(F)(F)F. The Balaban J connectivity index is 0.000000351. The number of halogens is 7. The molecule has 0 amide bonds. The minimum Gasteiger partial charge on any atom is -0.475 e. The number of aliphatic carboxylic acids is 1. The Hall–Kier alpha value is -1.88. The highest BCUT2D eigenvalue weighted by molar-refractivity contribution is 5.73. The van der Waals surface area contributed by atoms with Gasteiger partial charge in [-0.05, 0) is 18.2 Å². The molecule has 0 saturated carbocycles. The number of alkyl halides is 6. The molecule has 0 aromatic heterocycles. The molecule has 0 aliphatic carbocycles. The molecule has 1 saturated heterocycles. The van der Waals surface area contributed by atoms with Crippen LogP contribution in [0, 0.1) is 5.82 Å². The molecule has 1 aliphatic rings. The zero-order chi connectivity index (χ0) is 18.5. The van der Waals surface area contributed by atoms with Gasteiger partial charge in [-0.25, -0.2) is 9.18 Å². The first-order valence-electron chi connectivity index (χ1n) is 6.39. The number of carboxylic acids is 1. The number of hydrogen-bond acceptors (Lipinski definition) is 3. The molecular weight excluding hydrogens is 351 g/mol. The second-order valence-corrected chi connectivity index (χ2v) is 4.70. The van der Waals surface area contributed by atoms with Crippen molar-refractivity contribution in [2.75, 3.05) is 13.1 Å². The van der Waals surface area contributed by atoms with Crippen molar-refractivity contribution in [2.45, 2.75) is 25.1 Å². The van der Waals surface area contributed by atoms with Crippen molar-refractivity contribution < 1.29 is 45.4 Å². The van der Waals surface area contributed by atoms with E-state index in [9.17, 15) is 30.7 Å². The number of hydrogen-bond donors (Lipinski definition) is 2.